The number of hydrogen-bond acceptors (Lipinski definition) is 3. The lowest BCUT2D eigenvalue weighted by molar-refractivity contribution is -0.120. The highest BCUT2D eigenvalue weighted by atomic mass is 32.1. The summed E-state index contributed by atoms with van der Waals surface area (Å²) in [5.41, 5.74) is 0. The van der Waals surface area contributed by atoms with E-state index in [9.17, 15) is 4.79 Å². The number of amides is 1. The van der Waals surface area contributed by atoms with Crippen molar-refractivity contribution in [3.63, 3.8) is 0 Å². The zero-order valence-electron chi connectivity index (χ0n) is 8.99. The molecule has 0 aromatic rings. The molecule has 0 spiro atoms. The Kier molecular flexibility index (Phi) is 4.75. The van der Waals surface area contributed by atoms with E-state index >= 15 is 0 Å². The van der Waals surface area contributed by atoms with Gasteiger partial charge in [-0.3, -0.25) is 4.79 Å². The van der Waals surface area contributed by atoms with Crippen LogP contribution in [0, 0.1) is 5.92 Å². The van der Waals surface area contributed by atoms with Gasteiger partial charge in [0.2, 0.25) is 5.91 Å². The van der Waals surface area contributed by atoms with E-state index in [1.54, 1.807) is 6.92 Å². The van der Waals surface area contributed by atoms with Crippen molar-refractivity contribution in [1.82, 2.24) is 10.2 Å². The van der Waals surface area contributed by atoms with Crippen molar-refractivity contribution < 1.29 is 4.79 Å². The van der Waals surface area contributed by atoms with Gasteiger partial charge >= 0.3 is 0 Å². The number of carbonyl (C=O) groups is 1. The molecule has 82 valence electrons. The van der Waals surface area contributed by atoms with Crippen LogP contribution in [0.1, 0.15) is 20.3 Å². The molecular weight excluding hydrogens is 196 g/mol. The first-order chi connectivity index (χ1) is 6.63. The molecule has 0 bridgehead atoms. The molecule has 0 aromatic carbocycles. The Morgan fingerprint density at radius 1 is 1.71 bits per heavy atom. The molecule has 1 fully saturated rings. The maximum absolute atomic E-state index is 11.2. The quantitative estimate of drug-likeness (QED) is 0.680. The lowest BCUT2D eigenvalue weighted by Crippen LogP contribution is -2.34. The molecule has 1 aliphatic heterocycles. The second kappa shape index (κ2) is 5.61. The lowest BCUT2D eigenvalue weighted by Gasteiger charge is -2.14. The third-order valence-corrected chi connectivity index (χ3v) is 3.00. The lowest BCUT2D eigenvalue weighted by atomic mass is 10.1. The zero-order chi connectivity index (χ0) is 10.6. The van der Waals surface area contributed by atoms with Gasteiger partial charge in [-0.1, -0.05) is 6.92 Å². The monoisotopic (exact) mass is 216 g/mol. The Morgan fingerprint density at radius 2 is 2.43 bits per heavy atom. The van der Waals surface area contributed by atoms with Gasteiger partial charge in [-0.2, -0.15) is 12.6 Å². The Morgan fingerprint density at radius 3 is 2.93 bits per heavy atom. The second-order valence-corrected chi connectivity index (χ2v) is 4.74. The Hall–Kier alpha value is -0.220. The normalized spacial score (nSPS) is 24.9. The highest BCUT2D eigenvalue weighted by Gasteiger charge is 2.21. The molecule has 1 heterocycles. The maximum Gasteiger partial charge on any atom is 0.232 e. The Bertz CT molecular complexity index is 197. The van der Waals surface area contributed by atoms with Crippen LogP contribution in [0.25, 0.3) is 0 Å². The van der Waals surface area contributed by atoms with Crippen LogP contribution in [0.15, 0.2) is 0 Å². The standard InChI is InChI=1S/C10H20N2OS/c1-3-12-5-4-9(7-12)6-11-10(13)8(2)14/h8-9,14H,3-7H2,1-2H3,(H,11,13). The number of nitrogens with zero attached hydrogens (tertiary/aromatic N) is 1. The van der Waals surface area contributed by atoms with Crippen molar-refractivity contribution in [2.24, 2.45) is 5.92 Å². The fraction of sp³-hybridized carbons (Fsp3) is 0.900. The predicted octanol–water partition coefficient (Wildman–Crippen LogP) is 0.763. The molecule has 1 saturated heterocycles. The molecule has 14 heavy (non-hydrogen) atoms. The van der Waals surface area contributed by atoms with Crippen LogP contribution >= 0.6 is 12.6 Å². The third kappa shape index (κ3) is 3.50. The SMILES string of the molecule is CCN1CCC(CNC(=O)C(C)S)C1. The molecule has 1 rings (SSSR count). The zero-order valence-corrected chi connectivity index (χ0v) is 9.89. The van der Waals surface area contributed by atoms with Crippen LogP contribution in [0.5, 0.6) is 0 Å². The van der Waals surface area contributed by atoms with Gasteiger partial charge in [0.15, 0.2) is 0 Å². The fourth-order valence-corrected chi connectivity index (χ4v) is 1.85. The minimum atomic E-state index is -0.196. The van der Waals surface area contributed by atoms with E-state index in [4.69, 9.17) is 0 Å². The Labute approximate surface area is 91.6 Å². The van der Waals surface area contributed by atoms with Crippen molar-refractivity contribution in [1.29, 1.82) is 0 Å². The summed E-state index contributed by atoms with van der Waals surface area (Å²) in [4.78, 5) is 13.7. The Balaban J connectivity index is 2.17. The van der Waals surface area contributed by atoms with Gasteiger partial charge in [0.25, 0.3) is 0 Å². The smallest absolute Gasteiger partial charge is 0.232 e. The number of carbonyl (C=O) groups excluding carboxylic acids is 1. The number of rotatable bonds is 4. The summed E-state index contributed by atoms with van der Waals surface area (Å²) >= 11 is 4.08. The average molecular weight is 216 g/mol. The molecule has 1 amide bonds. The van der Waals surface area contributed by atoms with E-state index < -0.39 is 0 Å². The topological polar surface area (TPSA) is 32.3 Å². The highest BCUT2D eigenvalue weighted by Crippen LogP contribution is 2.14. The molecule has 3 nitrogen and oxygen atoms in total. The van der Waals surface area contributed by atoms with Gasteiger partial charge in [0.05, 0.1) is 5.25 Å². The van der Waals surface area contributed by atoms with Crippen LogP contribution in [0.4, 0.5) is 0 Å². The van der Waals surface area contributed by atoms with Gasteiger partial charge in [0, 0.05) is 13.1 Å². The molecular formula is C10H20N2OS. The fourth-order valence-electron chi connectivity index (χ4n) is 1.76. The van der Waals surface area contributed by atoms with Crippen molar-refractivity contribution in [3.8, 4) is 0 Å². The minimum Gasteiger partial charge on any atom is -0.355 e. The van der Waals surface area contributed by atoms with Gasteiger partial charge in [0.1, 0.15) is 0 Å². The molecule has 2 atom stereocenters. The molecule has 1 aliphatic rings. The highest BCUT2D eigenvalue weighted by molar-refractivity contribution is 7.81. The third-order valence-electron chi connectivity index (χ3n) is 2.76. The van der Waals surface area contributed by atoms with Crippen LogP contribution in [0.3, 0.4) is 0 Å². The van der Waals surface area contributed by atoms with E-state index in [-0.39, 0.29) is 11.2 Å². The average Bonchev–Trinajstić information content (AvgIpc) is 2.61. The van der Waals surface area contributed by atoms with Crippen molar-refractivity contribution in [2.45, 2.75) is 25.5 Å². The van der Waals surface area contributed by atoms with E-state index in [1.165, 1.54) is 13.0 Å². The summed E-state index contributed by atoms with van der Waals surface area (Å²) in [5.74, 6) is 0.675. The van der Waals surface area contributed by atoms with E-state index in [2.05, 4.69) is 29.8 Å². The molecule has 0 aliphatic carbocycles. The molecule has 0 aromatic heterocycles. The summed E-state index contributed by atoms with van der Waals surface area (Å²) in [5, 5.41) is 2.73. The van der Waals surface area contributed by atoms with Crippen LogP contribution in [0.2, 0.25) is 0 Å². The summed E-state index contributed by atoms with van der Waals surface area (Å²) in [6, 6.07) is 0. The number of nitrogens with one attached hydrogen (secondary N) is 1. The van der Waals surface area contributed by atoms with E-state index in [0.717, 1.165) is 19.6 Å². The minimum absolute atomic E-state index is 0.0447. The number of thiol groups is 1. The molecule has 0 saturated carbocycles. The number of hydrogen-bond donors (Lipinski definition) is 2. The first kappa shape index (κ1) is 11.9. The van der Waals surface area contributed by atoms with Crippen LogP contribution < -0.4 is 5.32 Å². The molecule has 1 N–H and O–H groups in total. The summed E-state index contributed by atoms with van der Waals surface area (Å²) in [7, 11) is 0. The van der Waals surface area contributed by atoms with Gasteiger partial charge in [-0.05, 0) is 32.4 Å². The van der Waals surface area contributed by atoms with E-state index in [1.807, 2.05) is 0 Å². The van der Waals surface area contributed by atoms with Crippen LogP contribution in [-0.2, 0) is 4.79 Å². The van der Waals surface area contributed by atoms with Gasteiger partial charge in [-0.25, -0.2) is 0 Å². The van der Waals surface area contributed by atoms with Crippen molar-refractivity contribution in [2.75, 3.05) is 26.2 Å². The van der Waals surface area contributed by atoms with Crippen LogP contribution in [-0.4, -0.2) is 42.2 Å². The summed E-state index contributed by atoms with van der Waals surface area (Å²) < 4.78 is 0. The van der Waals surface area contributed by atoms with Gasteiger partial charge in [-0.15, -0.1) is 0 Å². The summed E-state index contributed by atoms with van der Waals surface area (Å²) in [6.45, 7) is 8.20. The van der Waals surface area contributed by atoms with Crippen molar-refractivity contribution in [3.05, 3.63) is 0 Å². The predicted molar refractivity (Wildman–Crippen MR) is 61.7 cm³/mol. The second-order valence-electron chi connectivity index (χ2n) is 3.97. The molecule has 2 unspecified atom stereocenters. The summed E-state index contributed by atoms with van der Waals surface area (Å²) in [6.07, 6.45) is 1.20. The first-order valence-electron chi connectivity index (χ1n) is 5.31. The molecule has 4 heteroatoms. The van der Waals surface area contributed by atoms with E-state index in [0.29, 0.717) is 5.92 Å². The maximum atomic E-state index is 11.2. The van der Waals surface area contributed by atoms with Crippen molar-refractivity contribution >= 4 is 18.5 Å². The number of likely N-dealkylation sites (tertiary alicyclic amines) is 1. The molecule has 0 radical (unpaired) electrons. The first-order valence-corrected chi connectivity index (χ1v) is 5.83. The van der Waals surface area contributed by atoms with Gasteiger partial charge < -0.3 is 10.2 Å². The largest absolute Gasteiger partial charge is 0.355 e.